The van der Waals surface area contributed by atoms with E-state index in [4.69, 9.17) is 0 Å². The van der Waals surface area contributed by atoms with Crippen molar-refractivity contribution in [3.05, 3.63) is 58.1 Å². The zero-order chi connectivity index (χ0) is 17.9. The van der Waals surface area contributed by atoms with E-state index in [1.54, 1.807) is 6.92 Å². The average Bonchev–Trinajstić information content (AvgIpc) is 2.49. The van der Waals surface area contributed by atoms with Crippen LogP contribution in [0.3, 0.4) is 0 Å². The molecule has 2 aromatic rings. The van der Waals surface area contributed by atoms with Crippen LogP contribution in [0.25, 0.3) is 0 Å². The van der Waals surface area contributed by atoms with Crippen molar-refractivity contribution in [2.24, 2.45) is 0 Å². The first-order valence-corrected chi connectivity index (χ1v) is 8.00. The number of nitrogens with one attached hydrogen (secondary N) is 1. The number of non-ortho nitro benzene ring substituents is 1. The highest BCUT2D eigenvalue weighted by Crippen LogP contribution is 2.30. The number of nitrogens with zero attached hydrogens (tertiary/aromatic N) is 1. The molecule has 0 saturated carbocycles. The standard InChI is InChI=1S/C14H12F2N2O5S/c1-9-5-6-13(23-14(15)16)12(7-9)17-24(21,22)11-4-2-3-10(8-11)18(19)20/h2-8,14,17H,1H3. The Hall–Kier alpha value is -2.75. The Morgan fingerprint density at radius 3 is 2.54 bits per heavy atom. The van der Waals surface area contributed by atoms with E-state index in [0.29, 0.717) is 5.56 Å². The molecule has 0 atom stereocenters. The Balaban J connectivity index is 2.41. The van der Waals surface area contributed by atoms with Gasteiger partial charge in [-0.25, -0.2) is 8.42 Å². The van der Waals surface area contributed by atoms with Crippen LogP contribution in [0.15, 0.2) is 47.4 Å². The monoisotopic (exact) mass is 358 g/mol. The number of nitro benzene ring substituents is 1. The smallest absolute Gasteiger partial charge is 0.387 e. The van der Waals surface area contributed by atoms with Crippen LogP contribution in [0.1, 0.15) is 5.56 Å². The molecule has 2 rings (SSSR count). The number of hydrogen-bond donors (Lipinski definition) is 1. The summed E-state index contributed by atoms with van der Waals surface area (Å²) in [5.41, 5.74) is 0.00124. The minimum Gasteiger partial charge on any atom is -0.433 e. The van der Waals surface area contributed by atoms with Crippen molar-refractivity contribution in [2.45, 2.75) is 18.4 Å². The van der Waals surface area contributed by atoms with Crippen molar-refractivity contribution >= 4 is 21.4 Å². The van der Waals surface area contributed by atoms with E-state index >= 15 is 0 Å². The lowest BCUT2D eigenvalue weighted by Gasteiger charge is -2.14. The molecule has 10 heteroatoms. The fourth-order valence-electron chi connectivity index (χ4n) is 1.89. The van der Waals surface area contributed by atoms with Crippen LogP contribution < -0.4 is 9.46 Å². The maximum atomic E-state index is 12.4. The van der Waals surface area contributed by atoms with Crippen LogP contribution in [0.2, 0.25) is 0 Å². The van der Waals surface area contributed by atoms with Gasteiger partial charge in [0.15, 0.2) is 0 Å². The summed E-state index contributed by atoms with van der Waals surface area (Å²) in [6.07, 6.45) is 0. The summed E-state index contributed by atoms with van der Waals surface area (Å²) in [5, 5.41) is 10.7. The predicted molar refractivity (Wildman–Crippen MR) is 81.7 cm³/mol. The summed E-state index contributed by atoms with van der Waals surface area (Å²) in [7, 11) is -4.22. The lowest BCUT2D eigenvalue weighted by Crippen LogP contribution is -2.15. The van der Waals surface area contributed by atoms with E-state index in [-0.39, 0.29) is 16.3 Å². The van der Waals surface area contributed by atoms with E-state index in [0.717, 1.165) is 18.2 Å². The largest absolute Gasteiger partial charge is 0.433 e. The van der Waals surface area contributed by atoms with Gasteiger partial charge >= 0.3 is 6.61 Å². The van der Waals surface area contributed by atoms with Gasteiger partial charge in [-0.3, -0.25) is 14.8 Å². The van der Waals surface area contributed by atoms with Crippen LogP contribution in [-0.2, 0) is 10.0 Å². The molecule has 0 aliphatic rings. The molecule has 128 valence electrons. The van der Waals surface area contributed by atoms with E-state index < -0.39 is 27.2 Å². The van der Waals surface area contributed by atoms with Crippen molar-refractivity contribution in [3.63, 3.8) is 0 Å². The number of alkyl halides is 2. The van der Waals surface area contributed by atoms with Gasteiger partial charge in [-0.1, -0.05) is 12.1 Å². The molecule has 0 bridgehead atoms. The first-order chi connectivity index (χ1) is 11.2. The van der Waals surface area contributed by atoms with Gasteiger partial charge in [0.05, 0.1) is 15.5 Å². The zero-order valence-electron chi connectivity index (χ0n) is 12.3. The lowest BCUT2D eigenvalue weighted by atomic mass is 10.2. The predicted octanol–water partition coefficient (Wildman–Crippen LogP) is 3.31. The Morgan fingerprint density at radius 2 is 1.92 bits per heavy atom. The lowest BCUT2D eigenvalue weighted by molar-refractivity contribution is -0.385. The molecule has 0 radical (unpaired) electrons. The number of sulfonamides is 1. The number of halogens is 2. The third-order valence-corrected chi connectivity index (χ3v) is 4.30. The summed E-state index contributed by atoms with van der Waals surface area (Å²) >= 11 is 0. The maximum absolute atomic E-state index is 12.4. The molecule has 0 saturated heterocycles. The SMILES string of the molecule is Cc1ccc(OC(F)F)c(NS(=O)(=O)c2cccc([N+](=O)[O-])c2)c1. The topological polar surface area (TPSA) is 98.5 Å². The minimum atomic E-state index is -4.22. The molecule has 0 amide bonds. The molecule has 24 heavy (non-hydrogen) atoms. The summed E-state index contributed by atoms with van der Waals surface area (Å²) in [5.74, 6) is -0.357. The van der Waals surface area contributed by atoms with Crippen molar-refractivity contribution in [1.29, 1.82) is 0 Å². The van der Waals surface area contributed by atoms with Gasteiger partial charge in [0.2, 0.25) is 0 Å². The Kier molecular flexibility index (Phi) is 4.98. The highest BCUT2D eigenvalue weighted by atomic mass is 32.2. The average molecular weight is 358 g/mol. The van der Waals surface area contributed by atoms with Gasteiger partial charge in [-0.2, -0.15) is 8.78 Å². The second kappa shape index (κ2) is 6.79. The third-order valence-electron chi connectivity index (χ3n) is 2.93. The first kappa shape index (κ1) is 17.6. The number of anilines is 1. The van der Waals surface area contributed by atoms with Crippen molar-refractivity contribution < 1.29 is 26.9 Å². The number of aryl methyl sites for hydroxylation is 1. The molecule has 0 aliphatic heterocycles. The van der Waals surface area contributed by atoms with Gasteiger partial charge in [-0.05, 0) is 30.7 Å². The summed E-state index contributed by atoms with van der Waals surface area (Å²) < 4.78 is 55.9. The van der Waals surface area contributed by atoms with Crippen molar-refractivity contribution in [1.82, 2.24) is 0 Å². The van der Waals surface area contributed by atoms with Gasteiger partial charge in [-0.15, -0.1) is 0 Å². The number of hydrogen-bond acceptors (Lipinski definition) is 5. The Morgan fingerprint density at radius 1 is 1.21 bits per heavy atom. The molecule has 2 aromatic carbocycles. The summed E-state index contributed by atoms with van der Waals surface area (Å²) in [4.78, 5) is 9.63. The van der Waals surface area contributed by atoms with E-state index in [9.17, 15) is 27.3 Å². The third kappa shape index (κ3) is 4.16. The number of benzene rings is 2. The zero-order valence-corrected chi connectivity index (χ0v) is 13.1. The fraction of sp³-hybridized carbons (Fsp3) is 0.143. The van der Waals surface area contributed by atoms with Crippen molar-refractivity contribution in [2.75, 3.05) is 4.72 Å². The van der Waals surface area contributed by atoms with Crippen molar-refractivity contribution in [3.8, 4) is 5.75 Å². The second-order valence-electron chi connectivity index (χ2n) is 4.74. The van der Waals surface area contributed by atoms with Crippen LogP contribution in [-0.4, -0.2) is 20.0 Å². The molecular weight excluding hydrogens is 346 g/mol. The first-order valence-electron chi connectivity index (χ1n) is 6.52. The molecule has 0 heterocycles. The fourth-order valence-corrected chi connectivity index (χ4v) is 2.99. The van der Waals surface area contributed by atoms with Crippen LogP contribution in [0, 0.1) is 17.0 Å². The summed E-state index contributed by atoms with van der Waals surface area (Å²) in [6, 6.07) is 8.35. The van der Waals surface area contributed by atoms with Crippen LogP contribution in [0.4, 0.5) is 20.2 Å². The molecule has 0 aliphatic carbocycles. The van der Waals surface area contributed by atoms with Crippen LogP contribution in [0.5, 0.6) is 5.75 Å². The number of rotatable bonds is 6. The molecular formula is C14H12F2N2O5S. The highest BCUT2D eigenvalue weighted by molar-refractivity contribution is 7.92. The van der Waals surface area contributed by atoms with E-state index in [1.807, 2.05) is 0 Å². The van der Waals surface area contributed by atoms with Gasteiger partial charge in [0, 0.05) is 12.1 Å². The Labute approximate surface area is 136 Å². The highest BCUT2D eigenvalue weighted by Gasteiger charge is 2.20. The number of ether oxygens (including phenoxy) is 1. The summed E-state index contributed by atoms with van der Waals surface area (Å²) in [6.45, 7) is -1.49. The minimum absolute atomic E-state index is 0.193. The maximum Gasteiger partial charge on any atom is 0.387 e. The van der Waals surface area contributed by atoms with E-state index in [1.165, 1.54) is 24.3 Å². The second-order valence-corrected chi connectivity index (χ2v) is 6.42. The molecule has 1 N–H and O–H groups in total. The Bertz CT molecular complexity index is 871. The van der Waals surface area contributed by atoms with Crippen LogP contribution >= 0.6 is 0 Å². The van der Waals surface area contributed by atoms with Gasteiger partial charge in [0.1, 0.15) is 5.75 Å². The van der Waals surface area contributed by atoms with Gasteiger partial charge < -0.3 is 4.74 Å². The quantitative estimate of drug-likeness (QED) is 0.631. The van der Waals surface area contributed by atoms with E-state index in [2.05, 4.69) is 9.46 Å². The molecule has 0 spiro atoms. The van der Waals surface area contributed by atoms with Gasteiger partial charge in [0.25, 0.3) is 15.7 Å². The molecule has 0 unspecified atom stereocenters. The molecule has 0 aromatic heterocycles. The normalized spacial score (nSPS) is 11.3. The molecule has 7 nitrogen and oxygen atoms in total. The number of nitro groups is 1. The molecule has 0 fully saturated rings.